The summed E-state index contributed by atoms with van der Waals surface area (Å²) in [5, 5.41) is 4.34. The maximum Gasteiger partial charge on any atom is 0.152 e. The van der Waals surface area contributed by atoms with Crippen molar-refractivity contribution in [1.29, 1.82) is 0 Å². The lowest BCUT2D eigenvalue weighted by atomic mass is 10.2. The van der Waals surface area contributed by atoms with E-state index in [0.717, 1.165) is 11.3 Å². The van der Waals surface area contributed by atoms with Crippen LogP contribution >= 0.6 is 0 Å². The average Bonchev–Trinajstić information content (AvgIpc) is 2.84. The van der Waals surface area contributed by atoms with Crippen LogP contribution < -0.4 is 5.73 Å². The molecular formula is C9H13N3O3S. The van der Waals surface area contributed by atoms with E-state index >= 15 is 0 Å². The SMILES string of the molecule is Nc1c2c(nn1C1CCS(=O)(=O)C1)COC2. The average molecular weight is 243 g/mol. The topological polar surface area (TPSA) is 87.2 Å². The van der Waals surface area contributed by atoms with Crippen molar-refractivity contribution in [2.75, 3.05) is 17.2 Å². The highest BCUT2D eigenvalue weighted by Gasteiger charge is 2.33. The Morgan fingerprint density at radius 2 is 2.25 bits per heavy atom. The van der Waals surface area contributed by atoms with Crippen LogP contribution in [-0.4, -0.2) is 29.7 Å². The van der Waals surface area contributed by atoms with E-state index in [2.05, 4.69) is 5.10 Å². The molecule has 0 saturated carbocycles. The summed E-state index contributed by atoms with van der Waals surface area (Å²) < 4.78 is 29.7. The number of nitrogen functional groups attached to an aromatic ring is 1. The van der Waals surface area contributed by atoms with Crippen LogP contribution in [0.4, 0.5) is 5.82 Å². The lowest BCUT2D eigenvalue weighted by molar-refractivity contribution is 0.131. The molecule has 3 heterocycles. The van der Waals surface area contributed by atoms with Crippen LogP contribution in [-0.2, 0) is 27.8 Å². The first-order valence-electron chi connectivity index (χ1n) is 5.21. The summed E-state index contributed by atoms with van der Waals surface area (Å²) in [5.41, 5.74) is 7.72. The van der Waals surface area contributed by atoms with Crippen LogP contribution in [0.15, 0.2) is 0 Å². The van der Waals surface area contributed by atoms with Gasteiger partial charge in [-0.25, -0.2) is 13.1 Å². The van der Waals surface area contributed by atoms with E-state index < -0.39 is 9.84 Å². The van der Waals surface area contributed by atoms with Crippen LogP contribution in [0.3, 0.4) is 0 Å². The molecule has 1 fully saturated rings. The summed E-state index contributed by atoms with van der Waals surface area (Å²) in [5.74, 6) is 0.950. The number of nitrogens with two attached hydrogens (primary N) is 1. The molecule has 0 bridgehead atoms. The minimum Gasteiger partial charge on any atom is -0.384 e. The third kappa shape index (κ3) is 1.42. The second-order valence-corrected chi connectivity index (χ2v) is 6.53. The van der Waals surface area contributed by atoms with E-state index in [1.807, 2.05) is 0 Å². The molecule has 0 aliphatic carbocycles. The van der Waals surface area contributed by atoms with Gasteiger partial charge in [0.25, 0.3) is 0 Å². The van der Waals surface area contributed by atoms with Crippen molar-refractivity contribution in [3.63, 3.8) is 0 Å². The fourth-order valence-electron chi connectivity index (χ4n) is 2.30. The number of ether oxygens (including phenoxy) is 1. The largest absolute Gasteiger partial charge is 0.384 e. The number of hydrogen-bond donors (Lipinski definition) is 1. The third-order valence-corrected chi connectivity index (χ3v) is 4.92. The molecule has 0 aromatic carbocycles. The molecule has 1 atom stereocenters. The van der Waals surface area contributed by atoms with Gasteiger partial charge in [-0.05, 0) is 6.42 Å². The van der Waals surface area contributed by atoms with E-state index in [4.69, 9.17) is 10.5 Å². The first kappa shape index (κ1) is 10.1. The van der Waals surface area contributed by atoms with Crippen molar-refractivity contribution in [3.8, 4) is 0 Å². The number of rotatable bonds is 1. The van der Waals surface area contributed by atoms with Gasteiger partial charge in [0.05, 0.1) is 36.5 Å². The van der Waals surface area contributed by atoms with Crippen LogP contribution in [0.25, 0.3) is 0 Å². The Kier molecular flexibility index (Phi) is 2.02. The first-order chi connectivity index (χ1) is 7.57. The van der Waals surface area contributed by atoms with Gasteiger partial charge in [-0.1, -0.05) is 0 Å². The molecule has 1 saturated heterocycles. The second-order valence-electron chi connectivity index (χ2n) is 4.30. The molecule has 1 unspecified atom stereocenters. The Bertz CT molecular complexity index is 534. The number of sulfone groups is 1. The highest BCUT2D eigenvalue weighted by atomic mass is 32.2. The maximum atomic E-state index is 11.4. The molecule has 88 valence electrons. The monoisotopic (exact) mass is 243 g/mol. The molecular weight excluding hydrogens is 230 g/mol. The maximum absolute atomic E-state index is 11.4. The normalized spacial score (nSPS) is 27.1. The standard InChI is InChI=1S/C9H13N3O3S/c10-9-7-3-15-4-8(7)11-12(9)6-1-2-16(13,14)5-6/h6H,1-5,10H2. The molecule has 1 aromatic rings. The number of nitrogens with zero attached hydrogens (tertiary/aromatic N) is 2. The second kappa shape index (κ2) is 3.21. The van der Waals surface area contributed by atoms with Gasteiger partial charge < -0.3 is 10.5 Å². The molecule has 3 rings (SSSR count). The smallest absolute Gasteiger partial charge is 0.152 e. The van der Waals surface area contributed by atoms with E-state index in [0.29, 0.717) is 25.5 Å². The summed E-state index contributed by atoms with van der Waals surface area (Å²) in [6.45, 7) is 0.965. The molecule has 16 heavy (non-hydrogen) atoms. The van der Waals surface area contributed by atoms with Crippen molar-refractivity contribution < 1.29 is 13.2 Å². The number of fused-ring (bicyclic) bond motifs is 1. The summed E-state index contributed by atoms with van der Waals surface area (Å²) in [6, 6.07) is -0.101. The van der Waals surface area contributed by atoms with Gasteiger partial charge in [-0.2, -0.15) is 5.10 Å². The van der Waals surface area contributed by atoms with E-state index in [1.54, 1.807) is 4.68 Å². The Morgan fingerprint density at radius 1 is 1.44 bits per heavy atom. The molecule has 6 nitrogen and oxygen atoms in total. The molecule has 1 aromatic heterocycles. The fourth-order valence-corrected chi connectivity index (χ4v) is 3.99. The van der Waals surface area contributed by atoms with Crippen molar-refractivity contribution >= 4 is 15.7 Å². The molecule has 2 N–H and O–H groups in total. The van der Waals surface area contributed by atoms with Crippen LogP contribution in [0, 0.1) is 0 Å². The molecule has 0 amide bonds. The molecule has 0 spiro atoms. The van der Waals surface area contributed by atoms with Gasteiger partial charge in [0.2, 0.25) is 0 Å². The number of aromatic nitrogens is 2. The van der Waals surface area contributed by atoms with Crippen LogP contribution in [0.1, 0.15) is 23.7 Å². The fraction of sp³-hybridized carbons (Fsp3) is 0.667. The summed E-state index contributed by atoms with van der Waals surface area (Å²) in [6.07, 6.45) is 0.605. The quantitative estimate of drug-likeness (QED) is 0.741. The molecule has 2 aliphatic rings. The highest BCUT2D eigenvalue weighted by molar-refractivity contribution is 7.91. The van der Waals surface area contributed by atoms with E-state index in [-0.39, 0.29) is 17.5 Å². The number of hydrogen-bond acceptors (Lipinski definition) is 5. The van der Waals surface area contributed by atoms with Crippen LogP contribution in [0.2, 0.25) is 0 Å². The minimum atomic E-state index is -2.90. The minimum absolute atomic E-state index is 0.101. The zero-order chi connectivity index (χ0) is 11.3. The van der Waals surface area contributed by atoms with E-state index in [9.17, 15) is 8.42 Å². The zero-order valence-electron chi connectivity index (χ0n) is 8.72. The van der Waals surface area contributed by atoms with Gasteiger partial charge >= 0.3 is 0 Å². The highest BCUT2D eigenvalue weighted by Crippen LogP contribution is 2.31. The predicted octanol–water partition coefficient (Wildman–Crippen LogP) is -0.145. The van der Waals surface area contributed by atoms with Crippen molar-refractivity contribution in [1.82, 2.24) is 9.78 Å². The van der Waals surface area contributed by atoms with Crippen molar-refractivity contribution in [3.05, 3.63) is 11.3 Å². The lowest BCUT2D eigenvalue weighted by Crippen LogP contribution is -2.15. The predicted molar refractivity (Wildman–Crippen MR) is 57.4 cm³/mol. The van der Waals surface area contributed by atoms with Crippen molar-refractivity contribution in [2.45, 2.75) is 25.7 Å². The molecule has 2 aliphatic heterocycles. The summed E-state index contributed by atoms with van der Waals surface area (Å²) in [7, 11) is -2.90. The van der Waals surface area contributed by atoms with Gasteiger partial charge in [-0.15, -0.1) is 0 Å². The van der Waals surface area contributed by atoms with Gasteiger partial charge in [0.15, 0.2) is 9.84 Å². The third-order valence-electron chi connectivity index (χ3n) is 3.17. The zero-order valence-corrected chi connectivity index (χ0v) is 9.53. The Labute approximate surface area is 93.3 Å². The molecule has 7 heteroatoms. The molecule has 0 radical (unpaired) electrons. The summed E-state index contributed by atoms with van der Waals surface area (Å²) in [4.78, 5) is 0. The lowest BCUT2D eigenvalue weighted by Gasteiger charge is -2.11. The van der Waals surface area contributed by atoms with E-state index in [1.165, 1.54) is 0 Å². The first-order valence-corrected chi connectivity index (χ1v) is 7.03. The van der Waals surface area contributed by atoms with Crippen molar-refractivity contribution in [2.24, 2.45) is 0 Å². The summed E-state index contributed by atoms with van der Waals surface area (Å²) >= 11 is 0. The van der Waals surface area contributed by atoms with Gasteiger partial charge in [-0.3, -0.25) is 0 Å². The Hall–Kier alpha value is -1.08. The Morgan fingerprint density at radius 3 is 2.88 bits per heavy atom. The van der Waals surface area contributed by atoms with Crippen LogP contribution in [0.5, 0.6) is 0 Å². The Balaban J connectivity index is 1.97. The number of anilines is 1. The van der Waals surface area contributed by atoms with Gasteiger partial charge in [0, 0.05) is 5.56 Å². The van der Waals surface area contributed by atoms with Gasteiger partial charge in [0.1, 0.15) is 5.82 Å².